The molecule has 1 aromatic rings. The van der Waals surface area contributed by atoms with Gasteiger partial charge in [-0.15, -0.1) is 0 Å². The van der Waals surface area contributed by atoms with E-state index in [0.717, 1.165) is 12.8 Å². The van der Waals surface area contributed by atoms with Gasteiger partial charge in [-0.2, -0.15) is 0 Å². The summed E-state index contributed by atoms with van der Waals surface area (Å²) in [7, 11) is 2.05. The maximum absolute atomic E-state index is 6.30. The van der Waals surface area contributed by atoms with Crippen LogP contribution >= 0.6 is 23.2 Å². The van der Waals surface area contributed by atoms with E-state index in [1.54, 1.807) is 0 Å². The molecule has 0 spiro atoms. The molecule has 3 atom stereocenters. The minimum absolute atomic E-state index is 0.0459. The molecule has 0 heterocycles. The summed E-state index contributed by atoms with van der Waals surface area (Å²) in [6.45, 7) is 2.30. The summed E-state index contributed by atoms with van der Waals surface area (Å²) in [5.74, 6) is 0.494. The van der Waals surface area contributed by atoms with E-state index in [9.17, 15) is 0 Å². The molecule has 0 aliphatic heterocycles. The molecular formula is C18H21Cl2N. The standard InChI is InChI=1S/C18H21Cl2N/c1-18(10-9-15(19)16(20)11-18)14-7-8-17(21-2)13-6-4-3-5-12(13)14/h3-6,9,11,14,17,21H,7-8,10H2,1-2H3/t14-,17+,18?/m1/s1. The van der Waals surface area contributed by atoms with Crippen LogP contribution in [0, 0.1) is 5.41 Å². The van der Waals surface area contributed by atoms with Crippen LogP contribution in [-0.2, 0) is 0 Å². The largest absolute Gasteiger partial charge is 0.313 e. The van der Waals surface area contributed by atoms with Crippen molar-refractivity contribution in [3.63, 3.8) is 0 Å². The summed E-state index contributed by atoms with van der Waals surface area (Å²) < 4.78 is 0. The normalized spacial score (nSPS) is 32.2. The Kier molecular flexibility index (Phi) is 4.18. The van der Waals surface area contributed by atoms with E-state index in [2.05, 4.69) is 48.7 Å². The van der Waals surface area contributed by atoms with Crippen LogP contribution in [0.3, 0.4) is 0 Å². The monoisotopic (exact) mass is 321 g/mol. The molecule has 0 saturated carbocycles. The number of halogens is 2. The Balaban J connectivity index is 2.01. The van der Waals surface area contributed by atoms with Gasteiger partial charge in [-0.1, -0.05) is 66.5 Å². The zero-order chi connectivity index (χ0) is 15.0. The van der Waals surface area contributed by atoms with Crippen LogP contribution in [0.15, 0.2) is 46.5 Å². The molecule has 3 rings (SSSR count). The molecular weight excluding hydrogens is 301 g/mol. The quantitative estimate of drug-likeness (QED) is 0.760. The van der Waals surface area contributed by atoms with Crippen molar-refractivity contribution in [2.45, 2.75) is 38.1 Å². The van der Waals surface area contributed by atoms with Crippen molar-refractivity contribution in [2.24, 2.45) is 5.41 Å². The minimum Gasteiger partial charge on any atom is -0.313 e. The van der Waals surface area contributed by atoms with Gasteiger partial charge < -0.3 is 5.32 Å². The Morgan fingerprint density at radius 1 is 1.10 bits per heavy atom. The van der Waals surface area contributed by atoms with Crippen molar-refractivity contribution in [1.29, 1.82) is 0 Å². The molecule has 0 aromatic heterocycles. The second-order valence-corrected chi connectivity index (χ2v) is 7.17. The highest BCUT2D eigenvalue weighted by Gasteiger charge is 2.39. The first-order valence-electron chi connectivity index (χ1n) is 7.55. The summed E-state index contributed by atoms with van der Waals surface area (Å²) >= 11 is 12.4. The summed E-state index contributed by atoms with van der Waals surface area (Å²) in [4.78, 5) is 0. The number of hydrogen-bond donors (Lipinski definition) is 1. The summed E-state index contributed by atoms with van der Waals surface area (Å²) in [5, 5.41) is 4.82. The van der Waals surface area contributed by atoms with Crippen molar-refractivity contribution in [3.8, 4) is 0 Å². The van der Waals surface area contributed by atoms with Crippen LogP contribution in [0.5, 0.6) is 0 Å². The summed E-state index contributed by atoms with van der Waals surface area (Å²) in [6.07, 6.45) is 7.52. The Morgan fingerprint density at radius 3 is 2.48 bits per heavy atom. The van der Waals surface area contributed by atoms with Crippen LogP contribution in [0.25, 0.3) is 0 Å². The highest BCUT2D eigenvalue weighted by molar-refractivity contribution is 6.44. The first-order valence-corrected chi connectivity index (χ1v) is 8.31. The molecule has 3 heteroatoms. The third kappa shape index (κ3) is 2.67. The predicted octanol–water partition coefficient (Wildman–Crippen LogP) is 5.48. The third-order valence-corrected chi connectivity index (χ3v) is 5.81. The Labute approximate surface area is 137 Å². The number of fused-ring (bicyclic) bond motifs is 1. The molecule has 1 unspecified atom stereocenters. The van der Waals surface area contributed by atoms with Crippen molar-refractivity contribution in [1.82, 2.24) is 5.32 Å². The van der Waals surface area contributed by atoms with Crippen molar-refractivity contribution in [2.75, 3.05) is 7.05 Å². The third-order valence-electron chi connectivity index (χ3n) is 5.04. The maximum atomic E-state index is 6.30. The van der Waals surface area contributed by atoms with Gasteiger partial charge in [0.05, 0.1) is 10.1 Å². The molecule has 2 aliphatic rings. The van der Waals surface area contributed by atoms with E-state index < -0.39 is 0 Å². The van der Waals surface area contributed by atoms with Crippen LogP contribution in [0.4, 0.5) is 0 Å². The smallest absolute Gasteiger partial charge is 0.0555 e. The van der Waals surface area contributed by atoms with Gasteiger partial charge in [-0.3, -0.25) is 0 Å². The lowest BCUT2D eigenvalue weighted by Crippen LogP contribution is -2.32. The predicted molar refractivity (Wildman–Crippen MR) is 90.8 cm³/mol. The van der Waals surface area contributed by atoms with Crippen LogP contribution < -0.4 is 5.32 Å². The average Bonchev–Trinajstić information content (AvgIpc) is 2.50. The van der Waals surface area contributed by atoms with E-state index >= 15 is 0 Å². The summed E-state index contributed by atoms with van der Waals surface area (Å²) in [5.41, 5.74) is 2.94. The van der Waals surface area contributed by atoms with Gasteiger partial charge >= 0.3 is 0 Å². The number of allylic oxidation sites excluding steroid dienone is 4. The topological polar surface area (TPSA) is 12.0 Å². The van der Waals surface area contributed by atoms with Crippen LogP contribution in [-0.4, -0.2) is 7.05 Å². The van der Waals surface area contributed by atoms with Gasteiger partial charge in [0.25, 0.3) is 0 Å². The van der Waals surface area contributed by atoms with E-state index in [0.29, 0.717) is 22.0 Å². The van der Waals surface area contributed by atoms with E-state index in [1.165, 1.54) is 17.5 Å². The van der Waals surface area contributed by atoms with Crippen molar-refractivity contribution < 1.29 is 0 Å². The first kappa shape index (κ1) is 15.1. The summed E-state index contributed by atoms with van der Waals surface area (Å²) in [6, 6.07) is 9.26. The maximum Gasteiger partial charge on any atom is 0.0555 e. The molecule has 21 heavy (non-hydrogen) atoms. The number of benzene rings is 1. The van der Waals surface area contributed by atoms with Gasteiger partial charge in [0.15, 0.2) is 0 Å². The van der Waals surface area contributed by atoms with Crippen molar-refractivity contribution >= 4 is 23.2 Å². The lowest BCUT2D eigenvalue weighted by Gasteiger charge is -2.42. The highest BCUT2D eigenvalue weighted by Crippen LogP contribution is 2.52. The molecule has 0 fully saturated rings. The average molecular weight is 322 g/mol. The van der Waals surface area contributed by atoms with Gasteiger partial charge in [0.2, 0.25) is 0 Å². The number of hydrogen-bond acceptors (Lipinski definition) is 1. The molecule has 0 amide bonds. The molecule has 112 valence electrons. The molecule has 0 saturated heterocycles. The molecule has 1 nitrogen and oxygen atoms in total. The molecule has 1 N–H and O–H groups in total. The van der Waals surface area contributed by atoms with E-state index in [1.807, 2.05) is 7.05 Å². The fourth-order valence-corrected chi connectivity index (χ4v) is 4.30. The van der Waals surface area contributed by atoms with E-state index in [-0.39, 0.29) is 5.41 Å². The first-order chi connectivity index (χ1) is 10.0. The zero-order valence-electron chi connectivity index (χ0n) is 12.5. The van der Waals surface area contributed by atoms with Crippen molar-refractivity contribution in [3.05, 3.63) is 57.6 Å². The fourth-order valence-electron chi connectivity index (χ4n) is 3.84. The molecule has 0 radical (unpaired) electrons. The lowest BCUT2D eigenvalue weighted by molar-refractivity contribution is 0.284. The van der Waals surface area contributed by atoms with Crippen LogP contribution in [0.1, 0.15) is 49.3 Å². The SMILES string of the molecule is CN[C@H]1CC[C@@H](C2(C)C=C(Cl)C(Cl)=CC2)c2ccccc21. The molecule has 0 bridgehead atoms. The van der Waals surface area contributed by atoms with E-state index in [4.69, 9.17) is 23.2 Å². The van der Waals surface area contributed by atoms with Gasteiger partial charge in [0.1, 0.15) is 0 Å². The molecule has 2 aliphatic carbocycles. The lowest BCUT2D eigenvalue weighted by atomic mass is 9.64. The van der Waals surface area contributed by atoms with Gasteiger partial charge in [-0.05, 0) is 48.8 Å². The Morgan fingerprint density at radius 2 is 1.81 bits per heavy atom. The number of nitrogens with one attached hydrogen (secondary N) is 1. The fraction of sp³-hybridized carbons (Fsp3) is 0.444. The Bertz CT molecular complexity index is 605. The highest BCUT2D eigenvalue weighted by atomic mass is 35.5. The van der Waals surface area contributed by atoms with Gasteiger partial charge in [0, 0.05) is 6.04 Å². The van der Waals surface area contributed by atoms with Gasteiger partial charge in [-0.25, -0.2) is 0 Å². The number of rotatable bonds is 2. The molecule has 1 aromatic carbocycles. The van der Waals surface area contributed by atoms with Crippen LogP contribution in [0.2, 0.25) is 0 Å². The second-order valence-electron chi connectivity index (χ2n) is 6.35. The minimum atomic E-state index is 0.0459. The second kappa shape index (κ2) is 5.79. The zero-order valence-corrected chi connectivity index (χ0v) is 14.0. The Hall–Kier alpha value is -0.760.